The molecular weight excluding hydrogens is 330 g/mol. The summed E-state index contributed by atoms with van der Waals surface area (Å²) in [7, 11) is -0.216. The van der Waals surface area contributed by atoms with E-state index < -0.39 is 21.7 Å². The highest BCUT2D eigenvalue weighted by Gasteiger charge is 2.21. The topological polar surface area (TPSA) is 49.4 Å². The lowest BCUT2D eigenvalue weighted by molar-refractivity contribution is 0.300. The predicted octanol–water partition coefficient (Wildman–Crippen LogP) is 2.61. The van der Waals surface area contributed by atoms with Crippen LogP contribution in [0.3, 0.4) is 0 Å². The zero-order valence-electron chi connectivity index (χ0n) is 12.1. The van der Waals surface area contributed by atoms with Gasteiger partial charge in [-0.3, -0.25) is 0 Å². The summed E-state index contributed by atoms with van der Waals surface area (Å²) < 4.78 is 52.9. The van der Waals surface area contributed by atoms with Crippen LogP contribution in [0.25, 0.3) is 0 Å². The van der Waals surface area contributed by atoms with Gasteiger partial charge in [0.15, 0.2) is 11.6 Å². The van der Waals surface area contributed by atoms with Crippen LogP contribution in [0.15, 0.2) is 39.9 Å². The van der Waals surface area contributed by atoms with E-state index in [0.717, 1.165) is 17.7 Å². The first-order valence-corrected chi connectivity index (χ1v) is 8.87. The van der Waals surface area contributed by atoms with Crippen molar-refractivity contribution in [2.45, 2.75) is 10.9 Å². The van der Waals surface area contributed by atoms with Crippen molar-refractivity contribution < 1.29 is 17.2 Å². The monoisotopic (exact) mass is 346 g/mol. The van der Waals surface area contributed by atoms with Gasteiger partial charge in [0.2, 0.25) is 10.0 Å². The maximum Gasteiger partial charge on any atom is 0.240 e. The maximum atomic E-state index is 13.2. The van der Waals surface area contributed by atoms with Crippen molar-refractivity contribution in [1.82, 2.24) is 9.62 Å². The van der Waals surface area contributed by atoms with Crippen molar-refractivity contribution >= 4 is 21.4 Å². The minimum atomic E-state index is -3.90. The number of hydrogen-bond donors (Lipinski definition) is 1. The molecule has 0 aliphatic carbocycles. The van der Waals surface area contributed by atoms with Gasteiger partial charge < -0.3 is 4.90 Å². The molecule has 120 valence electrons. The van der Waals surface area contributed by atoms with Crippen molar-refractivity contribution in [3.63, 3.8) is 0 Å². The van der Waals surface area contributed by atoms with E-state index in [1.807, 2.05) is 35.8 Å². The molecule has 22 heavy (non-hydrogen) atoms. The van der Waals surface area contributed by atoms with E-state index in [2.05, 4.69) is 4.72 Å². The number of hydrogen-bond acceptors (Lipinski definition) is 4. The molecule has 0 saturated carbocycles. The van der Waals surface area contributed by atoms with Gasteiger partial charge in [-0.15, -0.1) is 0 Å². The molecule has 1 atom stereocenters. The second-order valence-corrected chi connectivity index (χ2v) is 7.51. The van der Waals surface area contributed by atoms with E-state index >= 15 is 0 Å². The molecule has 0 unspecified atom stereocenters. The standard InChI is InChI=1S/C14H16F2N2O2S2/c1-18(2)14(10-5-6-21-9-10)8-17-22(19,20)11-3-4-12(15)13(16)7-11/h3-7,9,14,17H,8H2,1-2H3/t14-/m0/s1. The van der Waals surface area contributed by atoms with Gasteiger partial charge >= 0.3 is 0 Å². The Bertz CT molecular complexity index is 731. The molecule has 0 aliphatic rings. The van der Waals surface area contributed by atoms with Crippen molar-refractivity contribution in [1.29, 1.82) is 0 Å². The number of nitrogens with zero attached hydrogens (tertiary/aromatic N) is 1. The molecule has 0 radical (unpaired) electrons. The molecule has 1 N–H and O–H groups in total. The van der Waals surface area contributed by atoms with Gasteiger partial charge in [0.25, 0.3) is 0 Å². The van der Waals surface area contributed by atoms with Crippen LogP contribution in [0.4, 0.5) is 8.78 Å². The average molecular weight is 346 g/mol. The van der Waals surface area contributed by atoms with Crippen LogP contribution < -0.4 is 4.72 Å². The predicted molar refractivity (Wildman–Crippen MR) is 82.3 cm³/mol. The van der Waals surface area contributed by atoms with Crippen molar-refractivity contribution in [3.05, 3.63) is 52.2 Å². The fraction of sp³-hybridized carbons (Fsp3) is 0.286. The van der Waals surface area contributed by atoms with Crippen LogP contribution in [-0.4, -0.2) is 34.0 Å². The quantitative estimate of drug-likeness (QED) is 0.875. The number of likely N-dealkylation sites (N-methyl/N-ethyl adjacent to an activating group) is 1. The van der Waals surface area contributed by atoms with Gasteiger partial charge in [-0.05, 0) is 54.7 Å². The lowest BCUT2D eigenvalue weighted by Crippen LogP contribution is -2.34. The Morgan fingerprint density at radius 3 is 2.50 bits per heavy atom. The van der Waals surface area contributed by atoms with Crippen LogP contribution in [0, 0.1) is 11.6 Å². The Hall–Kier alpha value is -1.35. The summed E-state index contributed by atoms with van der Waals surface area (Å²) in [4.78, 5) is 1.59. The van der Waals surface area contributed by atoms with Gasteiger partial charge in [-0.2, -0.15) is 11.3 Å². The lowest BCUT2D eigenvalue weighted by Gasteiger charge is -2.24. The van der Waals surface area contributed by atoms with Crippen LogP contribution >= 0.6 is 11.3 Å². The molecule has 0 amide bonds. The van der Waals surface area contributed by atoms with Gasteiger partial charge in [0.1, 0.15) is 0 Å². The molecule has 0 saturated heterocycles. The van der Waals surface area contributed by atoms with E-state index in [4.69, 9.17) is 0 Å². The number of nitrogens with one attached hydrogen (secondary N) is 1. The molecule has 4 nitrogen and oxygen atoms in total. The van der Waals surface area contributed by atoms with E-state index in [0.29, 0.717) is 6.07 Å². The molecule has 8 heteroatoms. The fourth-order valence-corrected chi connectivity index (χ4v) is 3.74. The molecule has 0 aliphatic heterocycles. The lowest BCUT2D eigenvalue weighted by atomic mass is 10.1. The summed E-state index contributed by atoms with van der Waals surface area (Å²) in [6.45, 7) is 0.130. The number of rotatable bonds is 6. The van der Waals surface area contributed by atoms with Crippen LogP contribution in [0.2, 0.25) is 0 Å². The first-order valence-electron chi connectivity index (χ1n) is 6.44. The minimum absolute atomic E-state index is 0.130. The van der Waals surface area contributed by atoms with Crippen LogP contribution in [0.5, 0.6) is 0 Å². The van der Waals surface area contributed by atoms with Crippen molar-refractivity contribution in [2.75, 3.05) is 20.6 Å². The highest BCUT2D eigenvalue weighted by molar-refractivity contribution is 7.89. The number of sulfonamides is 1. The Morgan fingerprint density at radius 1 is 1.23 bits per heavy atom. The molecule has 1 aromatic carbocycles. The largest absolute Gasteiger partial charge is 0.301 e. The zero-order chi connectivity index (χ0) is 16.3. The van der Waals surface area contributed by atoms with Gasteiger partial charge in [0, 0.05) is 12.6 Å². The average Bonchev–Trinajstić information content (AvgIpc) is 2.95. The normalized spacial score (nSPS) is 13.5. The maximum absolute atomic E-state index is 13.2. The second-order valence-electron chi connectivity index (χ2n) is 4.96. The Kier molecular flexibility index (Phi) is 5.28. The summed E-state index contributed by atoms with van der Waals surface area (Å²) >= 11 is 1.52. The second kappa shape index (κ2) is 6.82. The number of benzene rings is 1. The highest BCUT2D eigenvalue weighted by atomic mass is 32.2. The Balaban J connectivity index is 2.16. The smallest absolute Gasteiger partial charge is 0.240 e. The van der Waals surface area contributed by atoms with Crippen molar-refractivity contribution in [2.24, 2.45) is 0 Å². The van der Waals surface area contributed by atoms with E-state index in [1.54, 1.807) is 0 Å². The summed E-state index contributed by atoms with van der Waals surface area (Å²) in [5.74, 6) is -2.27. The molecule has 2 aromatic rings. The molecule has 2 rings (SSSR count). The third-order valence-corrected chi connectivity index (χ3v) is 5.34. The first kappa shape index (κ1) is 17.0. The minimum Gasteiger partial charge on any atom is -0.301 e. The van der Waals surface area contributed by atoms with Crippen LogP contribution in [0.1, 0.15) is 11.6 Å². The number of thiophene rings is 1. The van der Waals surface area contributed by atoms with E-state index in [1.165, 1.54) is 11.3 Å². The molecule has 0 fully saturated rings. The van der Waals surface area contributed by atoms with E-state index in [9.17, 15) is 17.2 Å². The molecular formula is C14H16F2N2O2S2. The SMILES string of the molecule is CN(C)[C@@H](CNS(=O)(=O)c1ccc(F)c(F)c1)c1ccsc1. The summed E-state index contributed by atoms with van der Waals surface area (Å²) in [5.41, 5.74) is 0.989. The molecule has 1 heterocycles. The third kappa shape index (κ3) is 3.89. The van der Waals surface area contributed by atoms with Crippen LogP contribution in [-0.2, 0) is 10.0 Å². The molecule has 0 bridgehead atoms. The molecule has 1 aromatic heterocycles. The number of halogens is 2. The highest BCUT2D eigenvalue weighted by Crippen LogP contribution is 2.21. The van der Waals surface area contributed by atoms with E-state index in [-0.39, 0.29) is 17.5 Å². The van der Waals surface area contributed by atoms with Crippen molar-refractivity contribution in [3.8, 4) is 0 Å². The Labute approximate surface area is 132 Å². The summed E-state index contributed by atoms with van der Waals surface area (Å²) in [5, 5.41) is 3.85. The Morgan fingerprint density at radius 2 is 1.95 bits per heavy atom. The summed E-state index contributed by atoms with van der Waals surface area (Å²) in [6.07, 6.45) is 0. The van der Waals surface area contributed by atoms with Gasteiger partial charge in [0.05, 0.1) is 4.90 Å². The zero-order valence-corrected chi connectivity index (χ0v) is 13.7. The van der Waals surface area contributed by atoms with Gasteiger partial charge in [-0.25, -0.2) is 21.9 Å². The fourth-order valence-electron chi connectivity index (χ4n) is 1.98. The van der Waals surface area contributed by atoms with Gasteiger partial charge in [-0.1, -0.05) is 0 Å². The molecule has 0 spiro atoms. The summed E-state index contributed by atoms with van der Waals surface area (Å²) in [6, 6.07) is 4.28. The third-order valence-electron chi connectivity index (χ3n) is 3.22. The first-order chi connectivity index (χ1) is 10.3.